The molecule has 2 amide bonds. The van der Waals surface area contributed by atoms with E-state index in [9.17, 15) is 9.59 Å². The summed E-state index contributed by atoms with van der Waals surface area (Å²) < 4.78 is 34.6. The number of nitrogens with one attached hydrogen (secondary N) is 2. The van der Waals surface area contributed by atoms with Gasteiger partial charge < -0.3 is 39.1 Å². The van der Waals surface area contributed by atoms with Crippen LogP contribution in [0.25, 0.3) is 0 Å². The van der Waals surface area contributed by atoms with Gasteiger partial charge in [-0.3, -0.25) is 9.59 Å². The second-order valence-corrected chi connectivity index (χ2v) is 8.58. The van der Waals surface area contributed by atoms with Gasteiger partial charge in [-0.1, -0.05) is 0 Å². The Balaban J connectivity index is 1.38. The molecule has 3 aliphatic rings. The van der Waals surface area contributed by atoms with Crippen LogP contribution in [0.5, 0.6) is 5.75 Å². The first-order valence-corrected chi connectivity index (χ1v) is 10.2. The van der Waals surface area contributed by atoms with Crippen molar-refractivity contribution in [1.82, 2.24) is 5.32 Å². The van der Waals surface area contributed by atoms with E-state index >= 15 is 0 Å². The minimum Gasteiger partial charge on any atom is -0.497 e. The lowest BCUT2D eigenvalue weighted by atomic mass is 9.98. The van der Waals surface area contributed by atoms with Gasteiger partial charge in [0.15, 0.2) is 24.0 Å². The molecule has 3 heterocycles. The highest BCUT2D eigenvalue weighted by Crippen LogP contribution is 2.44. The van der Waals surface area contributed by atoms with Crippen molar-refractivity contribution in [3.05, 3.63) is 24.3 Å². The standard InChI is InChI=1S/C21H28N2O8/c1-20(2)28-14-15(29-20)17-19(31-21(3,4)30-17)27-16(14)18(25)22-10-13(24)23-11-6-8-12(26-5)9-7-11/h6-9,14-17,19H,10H2,1-5H3,(H,22,25)(H,23,24)/t14-,15-,16-,17-,19+/m1/s1. The first kappa shape index (κ1) is 22.0. The van der Waals surface area contributed by atoms with E-state index in [1.165, 1.54) is 0 Å². The summed E-state index contributed by atoms with van der Waals surface area (Å²) in [6, 6.07) is 6.87. The van der Waals surface area contributed by atoms with Crippen molar-refractivity contribution >= 4 is 17.5 Å². The van der Waals surface area contributed by atoms with E-state index in [0.717, 1.165) is 0 Å². The number of rotatable bonds is 5. The minimum atomic E-state index is -1.01. The van der Waals surface area contributed by atoms with Gasteiger partial charge in [0.05, 0.1) is 13.7 Å². The number of hydrogen-bond donors (Lipinski definition) is 2. The van der Waals surface area contributed by atoms with Crippen LogP contribution in [0, 0.1) is 0 Å². The number of amides is 2. The van der Waals surface area contributed by atoms with Crippen LogP contribution in [0.4, 0.5) is 5.69 Å². The summed E-state index contributed by atoms with van der Waals surface area (Å²) in [4.78, 5) is 25.1. The molecule has 0 aromatic heterocycles. The molecule has 1 aromatic carbocycles. The lowest BCUT2D eigenvalue weighted by Crippen LogP contribution is -2.59. The van der Waals surface area contributed by atoms with Crippen molar-refractivity contribution in [2.45, 2.75) is 70.0 Å². The lowest BCUT2D eigenvalue weighted by molar-refractivity contribution is -0.231. The van der Waals surface area contributed by atoms with Crippen molar-refractivity contribution in [3.63, 3.8) is 0 Å². The Hall–Kier alpha value is -2.24. The molecule has 170 valence electrons. The molecule has 2 N–H and O–H groups in total. The van der Waals surface area contributed by atoms with E-state index in [4.69, 9.17) is 28.4 Å². The molecule has 3 fully saturated rings. The molecule has 0 spiro atoms. The molecule has 5 atom stereocenters. The fourth-order valence-electron chi connectivity index (χ4n) is 3.97. The van der Waals surface area contributed by atoms with Crippen molar-refractivity contribution in [1.29, 1.82) is 0 Å². The van der Waals surface area contributed by atoms with Crippen LogP contribution in [0.15, 0.2) is 24.3 Å². The van der Waals surface area contributed by atoms with Crippen LogP contribution in [-0.4, -0.2) is 67.7 Å². The third-order valence-electron chi connectivity index (χ3n) is 5.21. The smallest absolute Gasteiger partial charge is 0.252 e. The van der Waals surface area contributed by atoms with Gasteiger partial charge in [0.2, 0.25) is 5.91 Å². The molecule has 0 aliphatic carbocycles. The van der Waals surface area contributed by atoms with Gasteiger partial charge in [-0.2, -0.15) is 0 Å². The topological polar surface area (TPSA) is 114 Å². The van der Waals surface area contributed by atoms with E-state index in [1.54, 1.807) is 59.1 Å². The molecule has 3 saturated heterocycles. The number of ether oxygens (including phenoxy) is 6. The summed E-state index contributed by atoms with van der Waals surface area (Å²) in [7, 11) is 1.56. The highest BCUT2D eigenvalue weighted by Gasteiger charge is 2.62. The zero-order valence-electron chi connectivity index (χ0n) is 18.2. The molecule has 4 rings (SSSR count). The van der Waals surface area contributed by atoms with Crippen LogP contribution >= 0.6 is 0 Å². The number of benzene rings is 1. The third kappa shape index (κ3) is 4.68. The fourth-order valence-corrected chi connectivity index (χ4v) is 3.97. The normalized spacial score (nSPS) is 32.6. The summed E-state index contributed by atoms with van der Waals surface area (Å²) >= 11 is 0. The van der Waals surface area contributed by atoms with Gasteiger partial charge in [-0.25, -0.2) is 0 Å². The van der Waals surface area contributed by atoms with E-state index in [0.29, 0.717) is 11.4 Å². The first-order chi connectivity index (χ1) is 14.6. The minimum absolute atomic E-state index is 0.233. The predicted molar refractivity (Wildman–Crippen MR) is 107 cm³/mol. The van der Waals surface area contributed by atoms with Gasteiger partial charge in [-0.15, -0.1) is 0 Å². The molecule has 3 aliphatic heterocycles. The van der Waals surface area contributed by atoms with Crippen LogP contribution in [-0.2, 0) is 33.3 Å². The Morgan fingerprint density at radius 1 is 0.935 bits per heavy atom. The maximum Gasteiger partial charge on any atom is 0.252 e. The van der Waals surface area contributed by atoms with E-state index in [-0.39, 0.29) is 12.5 Å². The van der Waals surface area contributed by atoms with Crippen molar-refractivity contribution in [3.8, 4) is 5.75 Å². The van der Waals surface area contributed by atoms with Gasteiger partial charge >= 0.3 is 0 Å². The Labute approximate surface area is 180 Å². The second-order valence-electron chi connectivity index (χ2n) is 8.58. The van der Waals surface area contributed by atoms with Gasteiger partial charge in [0, 0.05) is 5.69 Å². The zero-order chi connectivity index (χ0) is 22.4. The van der Waals surface area contributed by atoms with E-state index in [1.807, 2.05) is 0 Å². The first-order valence-electron chi connectivity index (χ1n) is 10.2. The highest BCUT2D eigenvalue weighted by atomic mass is 16.9. The molecule has 1 aromatic rings. The molecule has 31 heavy (non-hydrogen) atoms. The second kappa shape index (κ2) is 8.03. The van der Waals surface area contributed by atoms with Gasteiger partial charge in [0.25, 0.3) is 5.91 Å². The number of hydrogen-bond acceptors (Lipinski definition) is 8. The number of methoxy groups -OCH3 is 1. The molecular formula is C21H28N2O8. The summed E-state index contributed by atoms with van der Waals surface area (Å²) in [6.45, 7) is 6.83. The summed E-state index contributed by atoms with van der Waals surface area (Å²) in [5.41, 5.74) is 0.588. The van der Waals surface area contributed by atoms with Crippen molar-refractivity contribution in [2.75, 3.05) is 19.0 Å². The number of carbonyl (C=O) groups excluding carboxylic acids is 2. The average Bonchev–Trinajstić information content (AvgIpc) is 3.19. The Kier molecular flexibility index (Phi) is 5.69. The maximum atomic E-state index is 12.9. The fraction of sp³-hybridized carbons (Fsp3) is 0.619. The quantitative estimate of drug-likeness (QED) is 0.707. The summed E-state index contributed by atoms with van der Waals surface area (Å²) in [6.07, 6.45) is -3.56. The SMILES string of the molecule is COc1ccc(NC(=O)CNC(=O)[C@@H]2O[C@H]3OC(C)(C)O[C@@H]3[C@@H]3OC(C)(C)O[C@H]32)cc1. The summed E-state index contributed by atoms with van der Waals surface area (Å²) in [5, 5.41) is 5.31. The zero-order valence-corrected chi connectivity index (χ0v) is 18.2. The number of anilines is 1. The van der Waals surface area contributed by atoms with E-state index in [2.05, 4.69) is 10.6 Å². The van der Waals surface area contributed by atoms with Gasteiger partial charge in [0.1, 0.15) is 24.1 Å². The molecule has 0 unspecified atom stereocenters. The molecule has 0 bridgehead atoms. The molecule has 0 saturated carbocycles. The van der Waals surface area contributed by atoms with Crippen LogP contribution in [0.2, 0.25) is 0 Å². The molecule has 0 radical (unpaired) electrons. The van der Waals surface area contributed by atoms with E-state index < -0.39 is 48.2 Å². The Bertz CT molecular complexity index is 840. The molecular weight excluding hydrogens is 408 g/mol. The van der Waals surface area contributed by atoms with Crippen LogP contribution in [0.1, 0.15) is 27.7 Å². The monoisotopic (exact) mass is 436 g/mol. The summed E-state index contributed by atoms with van der Waals surface area (Å²) in [5.74, 6) is -1.98. The van der Waals surface area contributed by atoms with Crippen molar-refractivity contribution in [2.24, 2.45) is 0 Å². The molecule has 10 heteroatoms. The van der Waals surface area contributed by atoms with Gasteiger partial charge in [-0.05, 0) is 52.0 Å². The average molecular weight is 436 g/mol. The number of carbonyl (C=O) groups is 2. The van der Waals surface area contributed by atoms with Crippen LogP contribution < -0.4 is 15.4 Å². The highest BCUT2D eigenvalue weighted by molar-refractivity contribution is 5.95. The van der Waals surface area contributed by atoms with Crippen molar-refractivity contribution < 1.29 is 38.0 Å². The lowest BCUT2D eigenvalue weighted by Gasteiger charge is -2.36. The molecule has 10 nitrogen and oxygen atoms in total. The number of fused-ring (bicyclic) bond motifs is 3. The Morgan fingerprint density at radius 2 is 1.55 bits per heavy atom. The Morgan fingerprint density at radius 3 is 2.23 bits per heavy atom. The third-order valence-corrected chi connectivity index (χ3v) is 5.21. The largest absolute Gasteiger partial charge is 0.497 e. The predicted octanol–water partition coefficient (Wildman–Crippen LogP) is 1.15. The maximum absolute atomic E-state index is 12.9. The van der Waals surface area contributed by atoms with Crippen LogP contribution in [0.3, 0.4) is 0 Å².